The van der Waals surface area contributed by atoms with Crippen LogP contribution in [-0.2, 0) is 4.79 Å². The van der Waals surface area contributed by atoms with E-state index in [-0.39, 0.29) is 35.0 Å². The quantitative estimate of drug-likeness (QED) is 0.249. The monoisotopic (exact) mass is 609 g/mol. The molecule has 3 aromatic carbocycles. The lowest BCUT2D eigenvalue weighted by molar-refractivity contribution is -0.122. The molecule has 2 aliphatic heterocycles. The number of piperidine rings is 2. The fourth-order valence-electron chi connectivity index (χ4n) is 5.98. The lowest BCUT2D eigenvalue weighted by Gasteiger charge is -2.34. The Labute approximate surface area is 256 Å². The predicted molar refractivity (Wildman–Crippen MR) is 163 cm³/mol. The number of hydrogen-bond acceptors (Lipinski definition) is 4. The van der Waals surface area contributed by atoms with Gasteiger partial charge in [0.05, 0.1) is 6.04 Å². The Bertz CT molecular complexity index is 1400. The number of amides is 1. The third kappa shape index (κ3) is 8.48. The number of carbonyl (C=O) groups excluding carboxylic acids is 1. The minimum atomic E-state index is -1.22. The largest absolute Gasteiger partial charge is 0.487 e. The molecule has 2 saturated heterocycles. The van der Waals surface area contributed by atoms with Crippen molar-refractivity contribution in [1.82, 2.24) is 15.5 Å². The number of hydrogen-bond donors (Lipinski definition) is 2. The molecule has 0 saturated carbocycles. The number of ether oxygens (including phenoxy) is 1. The Balaban J connectivity index is 1.10. The average Bonchev–Trinajstić information content (AvgIpc) is 2.98. The average molecular weight is 610 g/mol. The smallest absolute Gasteiger partial charge is 0.221 e. The summed E-state index contributed by atoms with van der Waals surface area (Å²) in [5, 5.41) is 6.08. The van der Waals surface area contributed by atoms with E-state index in [0.29, 0.717) is 12.1 Å². The van der Waals surface area contributed by atoms with Gasteiger partial charge in [-0.05, 0) is 94.5 Å². The normalized spacial score (nSPS) is 17.7. The summed E-state index contributed by atoms with van der Waals surface area (Å²) in [5.41, 5.74) is 0.789. The second kappa shape index (κ2) is 14.4. The summed E-state index contributed by atoms with van der Waals surface area (Å²) < 4.78 is 62.7. The summed E-state index contributed by atoms with van der Waals surface area (Å²) in [6.45, 7) is 6.55. The molecule has 1 amide bonds. The molecule has 0 unspecified atom stereocenters. The molecule has 2 N–H and O–H groups in total. The van der Waals surface area contributed by atoms with Crippen molar-refractivity contribution in [2.24, 2.45) is 5.92 Å². The summed E-state index contributed by atoms with van der Waals surface area (Å²) in [5.74, 6) is -2.80. The Morgan fingerprint density at radius 2 is 1.55 bits per heavy atom. The van der Waals surface area contributed by atoms with Gasteiger partial charge >= 0.3 is 0 Å². The van der Waals surface area contributed by atoms with E-state index in [2.05, 4.69) is 46.7 Å². The molecule has 3 aromatic rings. The first-order valence-corrected chi connectivity index (χ1v) is 15.3. The highest BCUT2D eigenvalue weighted by atomic mass is 19.1. The van der Waals surface area contributed by atoms with Crippen LogP contribution in [0.5, 0.6) is 5.75 Å². The van der Waals surface area contributed by atoms with Crippen LogP contribution in [-0.4, -0.2) is 49.1 Å². The molecule has 0 bridgehead atoms. The molecule has 5 rings (SSSR count). The van der Waals surface area contributed by atoms with Crippen molar-refractivity contribution in [3.8, 4) is 5.75 Å². The van der Waals surface area contributed by atoms with Gasteiger partial charge in [-0.25, -0.2) is 17.6 Å². The van der Waals surface area contributed by atoms with Gasteiger partial charge in [0.25, 0.3) is 0 Å². The number of rotatable bonds is 10. The summed E-state index contributed by atoms with van der Waals surface area (Å²) in [6, 6.07) is 12.7. The number of benzene rings is 3. The zero-order chi connectivity index (χ0) is 31.1. The van der Waals surface area contributed by atoms with E-state index in [1.165, 1.54) is 12.1 Å². The summed E-state index contributed by atoms with van der Waals surface area (Å²) in [4.78, 5) is 15.4. The highest BCUT2D eigenvalue weighted by molar-refractivity contribution is 5.77. The van der Waals surface area contributed by atoms with E-state index in [1.807, 2.05) is 12.1 Å². The number of halogens is 4. The fourth-order valence-corrected chi connectivity index (χ4v) is 5.98. The Kier molecular flexibility index (Phi) is 10.4. The minimum Gasteiger partial charge on any atom is -0.487 e. The molecular formula is C35H39F4N3O2. The molecule has 0 atom stereocenters. The van der Waals surface area contributed by atoms with E-state index in [0.717, 1.165) is 81.9 Å². The van der Waals surface area contributed by atoms with Gasteiger partial charge in [-0.1, -0.05) is 36.4 Å². The van der Waals surface area contributed by atoms with Crippen molar-refractivity contribution in [1.29, 1.82) is 0 Å². The molecular weight excluding hydrogens is 570 g/mol. The van der Waals surface area contributed by atoms with Crippen LogP contribution < -0.4 is 15.4 Å². The van der Waals surface area contributed by atoms with E-state index in [1.54, 1.807) is 0 Å². The fraction of sp³-hybridized carbons (Fsp3) is 0.400. The van der Waals surface area contributed by atoms with Gasteiger partial charge < -0.3 is 15.4 Å². The molecule has 2 aliphatic rings. The lowest BCUT2D eigenvalue weighted by atomic mass is 9.92. The van der Waals surface area contributed by atoms with Gasteiger partial charge in [0.1, 0.15) is 34.6 Å². The zero-order valence-corrected chi connectivity index (χ0v) is 24.9. The zero-order valence-electron chi connectivity index (χ0n) is 24.9. The maximum absolute atomic E-state index is 14.7. The second-order valence-corrected chi connectivity index (χ2v) is 12.1. The van der Waals surface area contributed by atoms with E-state index < -0.39 is 29.3 Å². The first kappa shape index (κ1) is 31.7. The molecule has 44 heavy (non-hydrogen) atoms. The standard InChI is InChI=1S/C35H39F4N3O2/c1-35(14-16-40-17-15-35)44-28-8-4-24(5-9-28)3-2-18-42-19-12-25(13-20-42)21-33(43)41-34(29-10-6-26(36)22-31(29)38)30-11-7-27(37)23-32(30)39/h2-11,22-23,25,34,40H,12-21H2,1H3,(H,41,43)/b3-2+. The SMILES string of the molecule is CC1(Oc2ccc(/C=C/CN3CCC(CC(=O)NC(c4ccc(F)cc4F)c4ccc(F)cc4F)CC3)cc2)CCNCC1. The first-order chi connectivity index (χ1) is 21.2. The Hall–Kier alpha value is -3.69. The van der Waals surface area contributed by atoms with Crippen LogP contribution >= 0.6 is 0 Å². The van der Waals surface area contributed by atoms with Crippen LogP contribution in [0.1, 0.15) is 61.8 Å². The van der Waals surface area contributed by atoms with E-state index >= 15 is 0 Å². The van der Waals surface area contributed by atoms with Crippen molar-refractivity contribution >= 4 is 12.0 Å². The van der Waals surface area contributed by atoms with Gasteiger partial charge in [-0.3, -0.25) is 9.69 Å². The highest BCUT2D eigenvalue weighted by Gasteiger charge is 2.29. The Morgan fingerprint density at radius 1 is 0.955 bits per heavy atom. The summed E-state index contributed by atoms with van der Waals surface area (Å²) >= 11 is 0. The number of nitrogens with one attached hydrogen (secondary N) is 2. The maximum atomic E-state index is 14.7. The van der Waals surface area contributed by atoms with Crippen molar-refractivity contribution in [3.05, 3.63) is 107 Å². The van der Waals surface area contributed by atoms with E-state index in [9.17, 15) is 22.4 Å². The van der Waals surface area contributed by atoms with Crippen LogP contribution in [0.4, 0.5) is 17.6 Å². The van der Waals surface area contributed by atoms with Crippen LogP contribution in [0.3, 0.4) is 0 Å². The van der Waals surface area contributed by atoms with E-state index in [4.69, 9.17) is 4.74 Å². The van der Waals surface area contributed by atoms with Crippen molar-refractivity contribution < 1.29 is 27.1 Å². The highest BCUT2D eigenvalue weighted by Crippen LogP contribution is 2.29. The van der Waals surface area contributed by atoms with Crippen molar-refractivity contribution in [2.45, 2.75) is 50.7 Å². The van der Waals surface area contributed by atoms with Crippen molar-refractivity contribution in [3.63, 3.8) is 0 Å². The number of nitrogens with zero attached hydrogens (tertiary/aromatic N) is 1. The first-order valence-electron chi connectivity index (χ1n) is 15.3. The lowest BCUT2D eigenvalue weighted by Crippen LogP contribution is -2.43. The minimum absolute atomic E-state index is 0.0925. The van der Waals surface area contributed by atoms with Crippen LogP contribution in [0.2, 0.25) is 0 Å². The molecule has 5 nitrogen and oxygen atoms in total. The third-order valence-corrected chi connectivity index (χ3v) is 8.61. The Morgan fingerprint density at radius 3 is 2.11 bits per heavy atom. The van der Waals surface area contributed by atoms with Crippen LogP contribution in [0.15, 0.2) is 66.7 Å². The molecule has 0 aromatic heterocycles. The molecule has 2 fully saturated rings. The third-order valence-electron chi connectivity index (χ3n) is 8.61. The van der Waals surface area contributed by atoms with Gasteiger partial charge in [-0.2, -0.15) is 0 Å². The molecule has 0 radical (unpaired) electrons. The molecule has 0 aliphatic carbocycles. The second-order valence-electron chi connectivity index (χ2n) is 12.1. The number of carbonyl (C=O) groups is 1. The van der Waals surface area contributed by atoms with Crippen molar-refractivity contribution in [2.75, 3.05) is 32.7 Å². The molecule has 0 spiro atoms. The predicted octanol–water partition coefficient (Wildman–Crippen LogP) is 6.79. The topological polar surface area (TPSA) is 53.6 Å². The van der Waals surface area contributed by atoms with Gasteiger partial charge in [0, 0.05) is 36.2 Å². The molecule has 2 heterocycles. The van der Waals surface area contributed by atoms with Gasteiger partial charge in [-0.15, -0.1) is 0 Å². The van der Waals surface area contributed by atoms with Gasteiger partial charge in [0.2, 0.25) is 5.91 Å². The molecule has 234 valence electrons. The molecule has 9 heteroatoms. The summed E-state index contributed by atoms with van der Waals surface area (Å²) in [6.07, 6.45) is 8.01. The maximum Gasteiger partial charge on any atom is 0.221 e. The summed E-state index contributed by atoms with van der Waals surface area (Å²) in [7, 11) is 0. The van der Waals surface area contributed by atoms with Crippen LogP contribution in [0.25, 0.3) is 6.08 Å². The van der Waals surface area contributed by atoms with Gasteiger partial charge in [0.15, 0.2) is 0 Å². The van der Waals surface area contributed by atoms with Crippen LogP contribution in [0, 0.1) is 29.2 Å². The number of likely N-dealkylation sites (tertiary alicyclic amines) is 1.